The molecule has 27 heavy (non-hydrogen) atoms. The van der Waals surface area contributed by atoms with Gasteiger partial charge in [-0.25, -0.2) is 4.79 Å². The van der Waals surface area contributed by atoms with Crippen molar-refractivity contribution in [3.8, 4) is 0 Å². The first-order valence-corrected chi connectivity index (χ1v) is 9.42. The van der Waals surface area contributed by atoms with Crippen LogP contribution in [0.2, 0.25) is 0 Å². The highest BCUT2D eigenvalue weighted by atomic mass is 16.5. The van der Waals surface area contributed by atoms with Gasteiger partial charge in [-0.1, -0.05) is 13.8 Å². The summed E-state index contributed by atoms with van der Waals surface area (Å²) in [4.78, 5) is 42.5. The number of ether oxygens (including phenoxy) is 2. The van der Waals surface area contributed by atoms with Crippen molar-refractivity contribution >= 4 is 17.7 Å². The molecule has 1 fully saturated rings. The second kappa shape index (κ2) is 8.69. The van der Waals surface area contributed by atoms with Gasteiger partial charge >= 0.3 is 5.97 Å². The van der Waals surface area contributed by atoms with E-state index in [-0.39, 0.29) is 29.4 Å². The molecule has 0 bridgehead atoms. The van der Waals surface area contributed by atoms with Crippen molar-refractivity contribution in [1.29, 1.82) is 0 Å². The number of H-pyrrole nitrogens is 1. The van der Waals surface area contributed by atoms with Crippen LogP contribution in [0.25, 0.3) is 0 Å². The summed E-state index contributed by atoms with van der Waals surface area (Å²) in [6.07, 6.45) is 1.81. The Kier molecular flexibility index (Phi) is 6.81. The molecule has 0 aliphatic carbocycles. The molecule has 0 radical (unpaired) electrons. The van der Waals surface area contributed by atoms with Gasteiger partial charge in [0.05, 0.1) is 19.3 Å². The zero-order valence-electron chi connectivity index (χ0n) is 17.0. The van der Waals surface area contributed by atoms with Crippen LogP contribution in [-0.4, -0.2) is 60.0 Å². The lowest BCUT2D eigenvalue weighted by Crippen LogP contribution is -2.48. The average molecular weight is 378 g/mol. The Morgan fingerprint density at radius 2 is 1.93 bits per heavy atom. The van der Waals surface area contributed by atoms with Crippen molar-refractivity contribution in [1.82, 2.24) is 9.88 Å². The van der Waals surface area contributed by atoms with E-state index in [1.807, 2.05) is 13.8 Å². The molecule has 7 heteroatoms. The molecule has 1 aliphatic heterocycles. The summed E-state index contributed by atoms with van der Waals surface area (Å²) in [5, 5.41) is 0. The lowest BCUT2D eigenvalue weighted by molar-refractivity contribution is -0.137. The van der Waals surface area contributed by atoms with Crippen LogP contribution in [0.3, 0.4) is 0 Å². The number of aromatic amines is 1. The highest BCUT2D eigenvalue weighted by Crippen LogP contribution is 2.24. The van der Waals surface area contributed by atoms with E-state index < -0.39 is 12.0 Å². The van der Waals surface area contributed by atoms with Crippen molar-refractivity contribution in [3.63, 3.8) is 0 Å². The van der Waals surface area contributed by atoms with Crippen molar-refractivity contribution < 1.29 is 23.9 Å². The topological polar surface area (TPSA) is 88.7 Å². The number of carbonyl (C=O) groups excluding carboxylic acids is 3. The molecule has 0 spiro atoms. The fraction of sp³-hybridized carbons (Fsp3) is 0.650. The second-order valence-electron chi connectivity index (χ2n) is 7.44. The number of hydrogen-bond acceptors (Lipinski definition) is 5. The maximum absolute atomic E-state index is 13.2. The summed E-state index contributed by atoms with van der Waals surface area (Å²) in [6.45, 7) is 9.93. The third-order valence-electron chi connectivity index (χ3n) is 5.12. The number of nitrogens with one attached hydrogen (secondary N) is 1. The Balaban J connectivity index is 2.32. The van der Waals surface area contributed by atoms with Gasteiger partial charge in [0.1, 0.15) is 5.69 Å². The number of rotatable bonds is 7. The van der Waals surface area contributed by atoms with E-state index in [2.05, 4.69) is 4.98 Å². The first-order valence-electron chi connectivity index (χ1n) is 9.42. The zero-order valence-corrected chi connectivity index (χ0v) is 17.0. The third-order valence-corrected chi connectivity index (χ3v) is 5.12. The number of hydrogen-bond donors (Lipinski definition) is 1. The molecule has 0 aromatic carbocycles. The van der Waals surface area contributed by atoms with Gasteiger partial charge < -0.3 is 19.4 Å². The van der Waals surface area contributed by atoms with Crippen LogP contribution in [0.5, 0.6) is 0 Å². The van der Waals surface area contributed by atoms with Crippen molar-refractivity contribution in [2.24, 2.45) is 5.92 Å². The van der Waals surface area contributed by atoms with Crippen molar-refractivity contribution in [2.75, 3.05) is 20.3 Å². The number of amides is 1. The van der Waals surface area contributed by atoms with Gasteiger partial charge in [-0.05, 0) is 39.2 Å². The molecule has 2 heterocycles. The smallest absolute Gasteiger partial charge is 0.354 e. The quantitative estimate of drug-likeness (QED) is 0.582. The summed E-state index contributed by atoms with van der Waals surface area (Å²) in [5.41, 5.74) is 1.85. The van der Waals surface area contributed by atoms with Gasteiger partial charge in [0, 0.05) is 30.3 Å². The van der Waals surface area contributed by atoms with E-state index in [1.54, 1.807) is 25.7 Å². The normalized spacial score (nSPS) is 17.8. The molecular formula is C20H30N2O5. The molecule has 2 atom stereocenters. The highest BCUT2D eigenvalue weighted by Gasteiger charge is 2.34. The molecule has 2 unspecified atom stereocenters. The van der Waals surface area contributed by atoms with E-state index in [0.717, 1.165) is 12.8 Å². The van der Waals surface area contributed by atoms with E-state index in [4.69, 9.17) is 9.47 Å². The van der Waals surface area contributed by atoms with Gasteiger partial charge in [0.15, 0.2) is 5.78 Å². The Hall–Kier alpha value is -2.15. The summed E-state index contributed by atoms with van der Waals surface area (Å²) in [7, 11) is 1.30. The summed E-state index contributed by atoms with van der Waals surface area (Å²) in [6, 6.07) is -0.650. The lowest BCUT2D eigenvalue weighted by Gasteiger charge is -2.32. The Labute approximate surface area is 160 Å². The van der Waals surface area contributed by atoms with E-state index >= 15 is 0 Å². The summed E-state index contributed by atoms with van der Waals surface area (Å²) >= 11 is 0. The standard InChI is InChI=1S/C20H30N2O5/c1-11(2)19(24)22(10-15-8-7-9-27-15)14(5)18(23)16-12(3)17(20(25)26-6)21-13(16)4/h11,14-15,21H,7-10H2,1-6H3. The molecule has 150 valence electrons. The fourth-order valence-corrected chi connectivity index (χ4v) is 3.55. The SMILES string of the molecule is COC(=O)c1[nH]c(C)c(C(=O)C(C)N(CC2CCCO2)C(=O)C(C)C)c1C. The maximum atomic E-state index is 13.2. The van der Waals surface area contributed by atoms with E-state index in [1.165, 1.54) is 7.11 Å². The minimum Gasteiger partial charge on any atom is -0.464 e. The summed E-state index contributed by atoms with van der Waals surface area (Å²) in [5.74, 6) is -1.01. The van der Waals surface area contributed by atoms with Gasteiger partial charge in [-0.2, -0.15) is 0 Å². The number of aryl methyl sites for hydroxylation is 1. The zero-order chi connectivity index (χ0) is 20.3. The molecule has 1 saturated heterocycles. The van der Waals surface area contributed by atoms with Crippen molar-refractivity contribution in [3.05, 3.63) is 22.5 Å². The number of esters is 1. The molecule has 1 aromatic heterocycles. The van der Waals surface area contributed by atoms with Crippen LogP contribution in [0.15, 0.2) is 0 Å². The Morgan fingerprint density at radius 1 is 1.26 bits per heavy atom. The molecule has 1 aromatic rings. The van der Waals surface area contributed by atoms with Gasteiger partial charge in [0.25, 0.3) is 0 Å². The average Bonchev–Trinajstić information content (AvgIpc) is 3.24. The monoisotopic (exact) mass is 378 g/mol. The highest BCUT2D eigenvalue weighted by molar-refractivity contribution is 6.06. The number of Topliss-reactive ketones (excluding diaryl/α,β-unsaturated/α-hetero) is 1. The maximum Gasteiger partial charge on any atom is 0.354 e. The Morgan fingerprint density at radius 3 is 2.44 bits per heavy atom. The minimum atomic E-state index is -0.650. The number of carbonyl (C=O) groups is 3. The first-order chi connectivity index (χ1) is 12.7. The van der Waals surface area contributed by atoms with Crippen LogP contribution in [0, 0.1) is 19.8 Å². The molecule has 7 nitrogen and oxygen atoms in total. The van der Waals surface area contributed by atoms with Gasteiger partial charge in [-0.15, -0.1) is 0 Å². The molecule has 0 saturated carbocycles. The first kappa shape index (κ1) is 21.2. The van der Waals surface area contributed by atoms with Crippen LogP contribution >= 0.6 is 0 Å². The van der Waals surface area contributed by atoms with E-state index in [0.29, 0.717) is 30.0 Å². The predicted molar refractivity (Wildman–Crippen MR) is 101 cm³/mol. The number of methoxy groups -OCH3 is 1. The van der Waals surface area contributed by atoms with Gasteiger partial charge in [0.2, 0.25) is 5.91 Å². The number of ketones is 1. The Bertz CT molecular complexity index is 716. The molecule has 2 rings (SSSR count). The fourth-order valence-electron chi connectivity index (χ4n) is 3.55. The molecule has 1 N–H and O–H groups in total. The molecule has 1 amide bonds. The van der Waals surface area contributed by atoms with Crippen LogP contribution in [-0.2, 0) is 14.3 Å². The number of aromatic nitrogens is 1. The van der Waals surface area contributed by atoms with Crippen LogP contribution in [0.4, 0.5) is 0 Å². The predicted octanol–water partition coefficient (Wildman–Crippen LogP) is 2.65. The lowest BCUT2D eigenvalue weighted by atomic mass is 9.98. The van der Waals surface area contributed by atoms with Crippen molar-refractivity contribution in [2.45, 2.75) is 59.6 Å². The molecular weight excluding hydrogens is 348 g/mol. The second-order valence-corrected chi connectivity index (χ2v) is 7.44. The van der Waals surface area contributed by atoms with Crippen LogP contribution in [0.1, 0.15) is 65.7 Å². The number of nitrogens with zero attached hydrogens (tertiary/aromatic N) is 1. The minimum absolute atomic E-state index is 0.0398. The van der Waals surface area contributed by atoms with E-state index in [9.17, 15) is 14.4 Å². The molecule has 1 aliphatic rings. The largest absolute Gasteiger partial charge is 0.464 e. The van der Waals surface area contributed by atoms with Gasteiger partial charge in [-0.3, -0.25) is 9.59 Å². The van der Waals surface area contributed by atoms with Crippen LogP contribution < -0.4 is 0 Å². The third kappa shape index (κ3) is 4.40. The summed E-state index contributed by atoms with van der Waals surface area (Å²) < 4.78 is 10.4.